The van der Waals surface area contributed by atoms with E-state index in [1.807, 2.05) is 0 Å². The van der Waals surface area contributed by atoms with Crippen molar-refractivity contribution in [1.82, 2.24) is 4.98 Å². The van der Waals surface area contributed by atoms with E-state index < -0.39 is 35.7 Å². The number of carbonyl (C=O) groups excluding carboxylic acids is 1. The highest BCUT2D eigenvalue weighted by Crippen LogP contribution is 2.24. The molecule has 0 saturated carbocycles. The summed E-state index contributed by atoms with van der Waals surface area (Å²) in [6.45, 7) is 0. The van der Waals surface area contributed by atoms with Gasteiger partial charge in [-0.1, -0.05) is 6.07 Å². The van der Waals surface area contributed by atoms with Crippen molar-refractivity contribution in [3.05, 3.63) is 23.9 Å². The molecule has 0 saturated heterocycles. The fourth-order valence-electron chi connectivity index (χ4n) is 0.922. The van der Waals surface area contributed by atoms with Crippen LogP contribution in [0.1, 0.15) is 10.5 Å². The molecule has 0 atom stereocenters. The molecule has 0 aromatic carbocycles. The first-order chi connectivity index (χ1) is 8.25. The number of aromatic carboxylic acids is 1. The molecule has 1 aromatic rings. The first-order valence-electron chi connectivity index (χ1n) is 4.43. The van der Waals surface area contributed by atoms with E-state index in [0.717, 1.165) is 18.2 Å². The summed E-state index contributed by atoms with van der Waals surface area (Å²) in [5, 5.41) is 9.96. The van der Waals surface area contributed by atoms with E-state index >= 15 is 0 Å². The second kappa shape index (κ2) is 4.98. The topological polar surface area (TPSA) is 79.3 Å². The molecule has 0 spiro atoms. The number of hydrogen-bond acceptors (Lipinski definition) is 3. The summed E-state index contributed by atoms with van der Waals surface area (Å²) in [4.78, 5) is 24.6. The van der Waals surface area contributed by atoms with Gasteiger partial charge < -0.3 is 10.4 Å². The Morgan fingerprint density at radius 3 is 2.44 bits per heavy atom. The second-order valence-electron chi connectivity index (χ2n) is 3.09. The van der Waals surface area contributed by atoms with Gasteiger partial charge in [-0.15, -0.1) is 0 Å². The number of amides is 1. The van der Waals surface area contributed by atoms with E-state index in [1.54, 1.807) is 0 Å². The average Bonchev–Trinajstić information content (AvgIpc) is 2.28. The highest BCUT2D eigenvalue weighted by atomic mass is 19.3. The molecule has 0 unspecified atom stereocenters. The van der Waals surface area contributed by atoms with Crippen molar-refractivity contribution in [3.63, 3.8) is 0 Å². The molecule has 0 aliphatic carbocycles. The smallest absolute Gasteiger partial charge is 0.383 e. The van der Waals surface area contributed by atoms with Crippen molar-refractivity contribution in [3.8, 4) is 0 Å². The lowest BCUT2D eigenvalue weighted by Crippen LogP contribution is -2.41. The van der Waals surface area contributed by atoms with Crippen LogP contribution in [0.15, 0.2) is 18.2 Å². The highest BCUT2D eigenvalue weighted by Gasteiger charge is 2.49. The minimum atomic E-state index is -4.87. The van der Waals surface area contributed by atoms with Crippen LogP contribution in [0, 0.1) is 0 Å². The Kier molecular flexibility index (Phi) is 3.84. The Bertz CT molecular complexity index is 479. The summed E-state index contributed by atoms with van der Waals surface area (Å²) in [6, 6.07) is 3.15. The lowest BCUT2D eigenvalue weighted by Gasteiger charge is -2.14. The quantitative estimate of drug-likeness (QED) is 0.811. The van der Waals surface area contributed by atoms with Crippen LogP contribution in [0.4, 0.5) is 23.4 Å². The van der Waals surface area contributed by atoms with E-state index in [0.29, 0.717) is 0 Å². The Morgan fingerprint density at radius 1 is 1.33 bits per heavy atom. The van der Waals surface area contributed by atoms with Crippen LogP contribution in [0.3, 0.4) is 0 Å². The fourth-order valence-corrected chi connectivity index (χ4v) is 0.922. The normalized spacial score (nSPS) is 11.4. The van der Waals surface area contributed by atoms with Gasteiger partial charge in [0.1, 0.15) is 5.82 Å². The maximum Gasteiger partial charge on any atom is 0.383 e. The molecule has 1 amide bonds. The lowest BCUT2D eigenvalue weighted by molar-refractivity contribution is -0.163. The first kappa shape index (κ1) is 13.9. The van der Waals surface area contributed by atoms with Crippen LogP contribution >= 0.6 is 0 Å². The second-order valence-corrected chi connectivity index (χ2v) is 3.09. The number of carboxylic acid groups (broad SMARTS) is 1. The Hall–Kier alpha value is -2.19. The van der Waals surface area contributed by atoms with Crippen molar-refractivity contribution in [2.75, 3.05) is 5.32 Å². The van der Waals surface area contributed by atoms with Crippen molar-refractivity contribution >= 4 is 17.7 Å². The van der Waals surface area contributed by atoms with E-state index in [1.165, 1.54) is 5.32 Å². The number of halogens is 4. The Labute approximate surface area is 97.4 Å². The maximum absolute atomic E-state index is 12.6. The molecule has 5 nitrogen and oxygen atoms in total. The van der Waals surface area contributed by atoms with Crippen molar-refractivity contribution in [2.24, 2.45) is 0 Å². The van der Waals surface area contributed by atoms with E-state index in [9.17, 15) is 27.2 Å². The molecular weight excluding hydrogens is 260 g/mol. The van der Waals surface area contributed by atoms with Gasteiger partial charge in [-0.05, 0) is 12.1 Å². The van der Waals surface area contributed by atoms with Gasteiger partial charge in [-0.25, -0.2) is 18.6 Å². The number of anilines is 1. The zero-order chi connectivity index (χ0) is 13.9. The molecule has 2 N–H and O–H groups in total. The van der Waals surface area contributed by atoms with Crippen LogP contribution < -0.4 is 5.32 Å². The zero-order valence-corrected chi connectivity index (χ0v) is 8.53. The van der Waals surface area contributed by atoms with Gasteiger partial charge in [0.05, 0.1) is 0 Å². The predicted molar refractivity (Wildman–Crippen MR) is 50.8 cm³/mol. The molecule has 0 fully saturated rings. The van der Waals surface area contributed by atoms with Crippen LogP contribution in [0.5, 0.6) is 0 Å². The number of alkyl halides is 4. The molecule has 0 radical (unpaired) electrons. The molecule has 18 heavy (non-hydrogen) atoms. The SMILES string of the molecule is O=C(O)c1cccc(NC(=O)C(F)(F)C(F)F)n1. The number of nitrogens with zero attached hydrogens (tertiary/aromatic N) is 1. The third-order valence-corrected chi connectivity index (χ3v) is 1.79. The third-order valence-electron chi connectivity index (χ3n) is 1.79. The Balaban J connectivity index is 2.89. The summed E-state index contributed by atoms with van der Waals surface area (Å²) < 4.78 is 48.9. The third kappa shape index (κ3) is 2.93. The number of carboxylic acids is 1. The van der Waals surface area contributed by atoms with Crippen molar-refractivity contribution in [2.45, 2.75) is 12.3 Å². The Morgan fingerprint density at radius 2 is 1.94 bits per heavy atom. The van der Waals surface area contributed by atoms with Gasteiger partial charge in [0, 0.05) is 0 Å². The van der Waals surface area contributed by atoms with Crippen LogP contribution in [0.2, 0.25) is 0 Å². The van der Waals surface area contributed by atoms with E-state index in [-0.39, 0.29) is 0 Å². The van der Waals surface area contributed by atoms with Gasteiger partial charge >= 0.3 is 24.2 Å². The van der Waals surface area contributed by atoms with Crippen LogP contribution in [0.25, 0.3) is 0 Å². The summed E-state index contributed by atoms with van der Waals surface area (Å²) in [7, 11) is 0. The minimum Gasteiger partial charge on any atom is -0.477 e. The molecular formula is C9H6F4N2O3. The number of rotatable bonds is 4. The summed E-state index contributed by atoms with van der Waals surface area (Å²) in [5.74, 6) is -9.14. The van der Waals surface area contributed by atoms with Gasteiger partial charge in [0.2, 0.25) is 0 Å². The average molecular weight is 266 g/mol. The first-order valence-corrected chi connectivity index (χ1v) is 4.43. The van der Waals surface area contributed by atoms with Crippen LogP contribution in [-0.2, 0) is 4.79 Å². The van der Waals surface area contributed by atoms with Crippen molar-refractivity contribution < 1.29 is 32.3 Å². The summed E-state index contributed by atoms with van der Waals surface area (Å²) in [6.07, 6.45) is -4.17. The molecule has 1 aromatic heterocycles. The van der Waals surface area contributed by atoms with Gasteiger partial charge in [-0.2, -0.15) is 8.78 Å². The lowest BCUT2D eigenvalue weighted by atomic mass is 10.3. The molecule has 1 heterocycles. The summed E-state index contributed by atoms with van der Waals surface area (Å²) >= 11 is 0. The molecule has 0 aliphatic heterocycles. The van der Waals surface area contributed by atoms with E-state index in [2.05, 4.69) is 4.98 Å². The predicted octanol–water partition coefficient (Wildman–Crippen LogP) is 1.62. The largest absolute Gasteiger partial charge is 0.477 e. The number of hydrogen-bond donors (Lipinski definition) is 2. The monoisotopic (exact) mass is 266 g/mol. The van der Waals surface area contributed by atoms with Gasteiger partial charge in [-0.3, -0.25) is 4.79 Å². The van der Waals surface area contributed by atoms with E-state index in [4.69, 9.17) is 5.11 Å². The highest BCUT2D eigenvalue weighted by molar-refractivity contribution is 5.96. The number of nitrogens with one attached hydrogen (secondary N) is 1. The molecule has 98 valence electrons. The number of pyridine rings is 1. The zero-order valence-electron chi connectivity index (χ0n) is 8.53. The standard InChI is InChI=1S/C9H6F4N2O3/c10-7(11)9(12,13)8(18)15-5-3-1-2-4(14-5)6(16)17/h1-3,7H,(H,16,17)(H,14,15,18). The molecule has 1 rings (SSSR count). The van der Waals surface area contributed by atoms with Gasteiger partial charge in [0.25, 0.3) is 0 Å². The maximum atomic E-state index is 12.6. The number of aromatic nitrogens is 1. The van der Waals surface area contributed by atoms with Gasteiger partial charge in [0.15, 0.2) is 5.69 Å². The molecule has 0 aliphatic rings. The molecule has 0 bridgehead atoms. The van der Waals surface area contributed by atoms with Crippen LogP contribution in [-0.4, -0.2) is 34.3 Å². The fraction of sp³-hybridized carbons (Fsp3) is 0.222. The minimum absolute atomic E-state index is 0.520. The molecule has 9 heteroatoms. The van der Waals surface area contributed by atoms with Crippen molar-refractivity contribution in [1.29, 1.82) is 0 Å². The summed E-state index contributed by atoms with van der Waals surface area (Å²) in [5.41, 5.74) is -0.520. The number of carbonyl (C=O) groups is 2.